The summed E-state index contributed by atoms with van der Waals surface area (Å²) in [6.07, 6.45) is -5.87. The Morgan fingerprint density at radius 2 is 2.00 bits per heavy atom. The highest BCUT2D eigenvalue weighted by molar-refractivity contribution is 6.34. The average molecular weight is 346 g/mol. The van der Waals surface area contributed by atoms with Crippen molar-refractivity contribution in [2.45, 2.75) is 25.1 Å². The summed E-state index contributed by atoms with van der Waals surface area (Å²) in [5.74, 6) is 0.347. The first kappa shape index (κ1) is 18.4. The number of benzene rings is 1. The number of aliphatic hydroxyl groups excluding tert-OH is 1. The normalized spacial score (nSPS) is 13.2. The Balaban J connectivity index is 2.19. The summed E-state index contributed by atoms with van der Waals surface area (Å²) in [5.41, 5.74) is 0. The number of halogens is 5. The molecule has 0 amide bonds. The molecule has 0 aromatic heterocycles. The Kier molecular flexibility index (Phi) is 7.59. The summed E-state index contributed by atoms with van der Waals surface area (Å²) in [5, 5.41) is 13.2. The van der Waals surface area contributed by atoms with Crippen LogP contribution in [-0.2, 0) is 0 Å². The minimum Gasteiger partial charge on any atom is -0.489 e. The van der Waals surface area contributed by atoms with Gasteiger partial charge < -0.3 is 15.2 Å². The van der Waals surface area contributed by atoms with Crippen molar-refractivity contribution < 1.29 is 23.0 Å². The Labute approximate surface area is 131 Å². The van der Waals surface area contributed by atoms with Crippen molar-refractivity contribution in [1.82, 2.24) is 5.32 Å². The lowest BCUT2D eigenvalue weighted by molar-refractivity contribution is -0.135. The van der Waals surface area contributed by atoms with E-state index in [1.165, 1.54) is 6.07 Å². The highest BCUT2D eigenvalue weighted by Crippen LogP contribution is 2.27. The van der Waals surface area contributed by atoms with Crippen LogP contribution in [0.1, 0.15) is 12.8 Å². The molecule has 0 aliphatic rings. The van der Waals surface area contributed by atoms with E-state index in [9.17, 15) is 18.3 Å². The molecule has 0 aliphatic carbocycles. The van der Waals surface area contributed by atoms with Gasteiger partial charge in [0, 0.05) is 24.1 Å². The molecule has 21 heavy (non-hydrogen) atoms. The summed E-state index contributed by atoms with van der Waals surface area (Å²) in [4.78, 5) is 0. The van der Waals surface area contributed by atoms with Gasteiger partial charge in [-0.2, -0.15) is 13.2 Å². The van der Waals surface area contributed by atoms with Crippen LogP contribution in [0.25, 0.3) is 0 Å². The Morgan fingerprint density at radius 3 is 2.67 bits per heavy atom. The maximum atomic E-state index is 11.9. The molecule has 3 nitrogen and oxygen atoms in total. The number of hydrogen-bond acceptors (Lipinski definition) is 3. The van der Waals surface area contributed by atoms with Crippen LogP contribution in [0.2, 0.25) is 10.0 Å². The van der Waals surface area contributed by atoms with Crippen LogP contribution in [0, 0.1) is 0 Å². The predicted octanol–water partition coefficient (Wildman–Crippen LogP) is 3.67. The third-order valence-electron chi connectivity index (χ3n) is 2.52. The zero-order valence-electron chi connectivity index (χ0n) is 11.1. The van der Waals surface area contributed by atoms with E-state index < -0.39 is 18.7 Å². The third-order valence-corrected chi connectivity index (χ3v) is 3.07. The van der Waals surface area contributed by atoms with Crippen LogP contribution < -0.4 is 10.1 Å². The van der Waals surface area contributed by atoms with Gasteiger partial charge in [0.05, 0.1) is 5.02 Å². The van der Waals surface area contributed by atoms with Gasteiger partial charge in [0.25, 0.3) is 0 Å². The maximum absolute atomic E-state index is 11.9. The second-order valence-electron chi connectivity index (χ2n) is 4.46. The molecule has 1 atom stereocenters. The van der Waals surface area contributed by atoms with Gasteiger partial charge in [-0.1, -0.05) is 23.2 Å². The van der Waals surface area contributed by atoms with E-state index in [-0.39, 0.29) is 26.1 Å². The monoisotopic (exact) mass is 345 g/mol. The third kappa shape index (κ3) is 8.36. The molecule has 1 unspecified atom stereocenters. The number of rotatable bonds is 8. The van der Waals surface area contributed by atoms with E-state index in [2.05, 4.69) is 5.32 Å². The van der Waals surface area contributed by atoms with Crippen LogP contribution >= 0.6 is 23.2 Å². The van der Waals surface area contributed by atoms with Crippen molar-refractivity contribution in [3.63, 3.8) is 0 Å². The van der Waals surface area contributed by atoms with Gasteiger partial charge in [-0.3, -0.25) is 0 Å². The fourth-order valence-corrected chi connectivity index (χ4v) is 1.85. The molecular weight excluding hydrogens is 330 g/mol. The molecule has 0 saturated heterocycles. The van der Waals surface area contributed by atoms with E-state index in [1.54, 1.807) is 12.1 Å². The Morgan fingerprint density at radius 1 is 1.29 bits per heavy atom. The summed E-state index contributed by atoms with van der Waals surface area (Å²) in [6, 6.07) is 4.70. The second-order valence-corrected chi connectivity index (χ2v) is 5.31. The van der Waals surface area contributed by atoms with Gasteiger partial charge in [-0.15, -0.1) is 0 Å². The van der Waals surface area contributed by atoms with Gasteiger partial charge >= 0.3 is 6.18 Å². The van der Waals surface area contributed by atoms with Gasteiger partial charge in [0.15, 0.2) is 0 Å². The summed E-state index contributed by atoms with van der Waals surface area (Å²) in [7, 11) is 0. The number of aliphatic hydroxyl groups is 1. The predicted molar refractivity (Wildman–Crippen MR) is 76.1 cm³/mol. The zero-order valence-corrected chi connectivity index (χ0v) is 12.6. The summed E-state index contributed by atoms with van der Waals surface area (Å²) < 4.78 is 41.0. The number of ether oxygens (including phenoxy) is 1. The SMILES string of the molecule is OC(CNCCCC(F)(F)F)COc1cc(Cl)ccc1Cl. The van der Waals surface area contributed by atoms with Crippen molar-refractivity contribution in [3.8, 4) is 5.75 Å². The van der Waals surface area contributed by atoms with Crippen LogP contribution in [0.5, 0.6) is 5.75 Å². The molecule has 0 spiro atoms. The first-order valence-corrected chi connectivity index (χ1v) is 7.07. The lowest BCUT2D eigenvalue weighted by Gasteiger charge is -2.14. The fourth-order valence-electron chi connectivity index (χ4n) is 1.52. The van der Waals surface area contributed by atoms with Crippen molar-refractivity contribution in [1.29, 1.82) is 0 Å². The minimum atomic E-state index is -4.15. The van der Waals surface area contributed by atoms with Gasteiger partial charge in [0.2, 0.25) is 0 Å². The Bertz CT molecular complexity index is 444. The fraction of sp³-hybridized carbons (Fsp3) is 0.538. The topological polar surface area (TPSA) is 41.5 Å². The second kappa shape index (κ2) is 8.68. The van der Waals surface area contributed by atoms with E-state index in [0.29, 0.717) is 15.8 Å². The molecule has 1 aromatic rings. The van der Waals surface area contributed by atoms with Crippen molar-refractivity contribution in [2.24, 2.45) is 0 Å². The molecule has 0 aliphatic heterocycles. The zero-order chi connectivity index (χ0) is 15.9. The van der Waals surface area contributed by atoms with E-state index in [0.717, 1.165) is 0 Å². The highest BCUT2D eigenvalue weighted by Gasteiger charge is 2.25. The molecule has 0 heterocycles. The van der Waals surface area contributed by atoms with E-state index in [4.69, 9.17) is 27.9 Å². The Hall–Kier alpha value is -0.690. The van der Waals surface area contributed by atoms with Crippen molar-refractivity contribution in [3.05, 3.63) is 28.2 Å². The van der Waals surface area contributed by atoms with Crippen LogP contribution in [0.4, 0.5) is 13.2 Å². The number of nitrogens with one attached hydrogen (secondary N) is 1. The molecule has 1 aromatic carbocycles. The molecule has 0 saturated carbocycles. The summed E-state index contributed by atoms with van der Waals surface area (Å²) >= 11 is 11.7. The molecule has 0 radical (unpaired) electrons. The maximum Gasteiger partial charge on any atom is 0.389 e. The first-order valence-electron chi connectivity index (χ1n) is 6.31. The quantitative estimate of drug-likeness (QED) is 0.706. The standard InChI is InChI=1S/C13H16Cl2F3NO2/c14-9-2-3-11(15)12(6-9)21-8-10(20)7-19-5-1-4-13(16,17)18/h2-3,6,10,19-20H,1,4-5,7-8H2. The molecule has 8 heteroatoms. The molecule has 1 rings (SSSR count). The van der Waals surface area contributed by atoms with Crippen LogP contribution in [-0.4, -0.2) is 37.1 Å². The van der Waals surface area contributed by atoms with Crippen LogP contribution in [0.15, 0.2) is 18.2 Å². The highest BCUT2D eigenvalue weighted by atomic mass is 35.5. The van der Waals surface area contributed by atoms with Crippen LogP contribution in [0.3, 0.4) is 0 Å². The smallest absolute Gasteiger partial charge is 0.389 e. The van der Waals surface area contributed by atoms with Gasteiger partial charge in [-0.05, 0) is 25.1 Å². The molecule has 0 bridgehead atoms. The van der Waals surface area contributed by atoms with Crippen molar-refractivity contribution >= 4 is 23.2 Å². The lowest BCUT2D eigenvalue weighted by Crippen LogP contribution is -2.32. The largest absolute Gasteiger partial charge is 0.489 e. The number of hydrogen-bond donors (Lipinski definition) is 2. The van der Waals surface area contributed by atoms with E-state index in [1.807, 2.05) is 0 Å². The minimum absolute atomic E-state index is 0.0306. The molecule has 2 N–H and O–H groups in total. The first-order chi connectivity index (χ1) is 9.78. The summed E-state index contributed by atoms with van der Waals surface area (Å²) in [6.45, 7) is 0.275. The van der Waals surface area contributed by atoms with Crippen molar-refractivity contribution in [2.75, 3.05) is 19.7 Å². The number of alkyl halides is 3. The van der Waals surface area contributed by atoms with Gasteiger partial charge in [-0.25, -0.2) is 0 Å². The van der Waals surface area contributed by atoms with Gasteiger partial charge in [0.1, 0.15) is 18.5 Å². The average Bonchev–Trinajstić information content (AvgIpc) is 2.38. The molecule has 120 valence electrons. The lowest BCUT2D eigenvalue weighted by atomic mass is 10.3. The molecular formula is C13H16Cl2F3NO2. The van der Waals surface area contributed by atoms with E-state index >= 15 is 0 Å². The molecule has 0 fully saturated rings.